The average molecular weight is 267 g/mol. The fourth-order valence-corrected chi connectivity index (χ4v) is 6.08. The van der Waals surface area contributed by atoms with Crippen LogP contribution in [0.3, 0.4) is 0 Å². The number of rotatable bonds is 6. The van der Waals surface area contributed by atoms with E-state index in [1.807, 2.05) is 0 Å². The quantitative estimate of drug-likeness (QED) is 0.778. The van der Waals surface area contributed by atoms with Crippen LogP contribution in [0.25, 0.3) is 0 Å². The van der Waals surface area contributed by atoms with Gasteiger partial charge in [-0.15, -0.1) is 0 Å². The predicted molar refractivity (Wildman–Crippen MR) is 81.1 cm³/mol. The molecular weight excluding hydrogens is 238 g/mol. The van der Waals surface area contributed by atoms with Crippen LogP contribution in [0.1, 0.15) is 57.8 Å². The zero-order valence-electron chi connectivity index (χ0n) is 11.9. The van der Waals surface area contributed by atoms with Gasteiger partial charge in [0.05, 0.1) is 0 Å². The Labute approximate surface area is 117 Å². The van der Waals surface area contributed by atoms with Crippen molar-refractivity contribution in [2.75, 3.05) is 12.8 Å². The van der Waals surface area contributed by atoms with Crippen molar-refractivity contribution < 1.29 is 0 Å². The average Bonchev–Trinajstić information content (AvgIpc) is 3.10. The van der Waals surface area contributed by atoms with Gasteiger partial charge in [-0.05, 0) is 63.3 Å². The van der Waals surface area contributed by atoms with E-state index in [2.05, 4.69) is 24.1 Å². The van der Waals surface area contributed by atoms with Crippen LogP contribution in [0.4, 0.5) is 0 Å². The summed E-state index contributed by atoms with van der Waals surface area (Å²) in [5.74, 6) is 4.63. The Hall–Kier alpha value is 0.310. The number of hydrogen-bond acceptors (Lipinski definition) is 2. The summed E-state index contributed by atoms with van der Waals surface area (Å²) in [6.45, 7) is 0. The molecule has 0 heterocycles. The van der Waals surface area contributed by atoms with Gasteiger partial charge in [0.25, 0.3) is 0 Å². The molecule has 3 rings (SSSR count). The first kappa shape index (κ1) is 13.3. The van der Waals surface area contributed by atoms with Gasteiger partial charge in [-0.2, -0.15) is 11.8 Å². The molecule has 2 bridgehead atoms. The Morgan fingerprint density at radius 2 is 1.94 bits per heavy atom. The standard InChI is InChI=1S/C16H29NS/c1-17-15(11-18-16-4-2-3-5-16)10-14-9-12-6-7-13(14)8-12/h12-17H,2-11H2,1H3. The van der Waals surface area contributed by atoms with Crippen LogP contribution >= 0.6 is 11.8 Å². The Morgan fingerprint density at radius 1 is 1.11 bits per heavy atom. The fourth-order valence-electron chi connectivity index (χ4n) is 4.61. The van der Waals surface area contributed by atoms with Gasteiger partial charge in [0.1, 0.15) is 0 Å². The first-order valence-corrected chi connectivity index (χ1v) is 9.19. The molecule has 1 nitrogen and oxygen atoms in total. The van der Waals surface area contributed by atoms with E-state index in [9.17, 15) is 0 Å². The highest BCUT2D eigenvalue weighted by Gasteiger charge is 2.39. The molecule has 4 unspecified atom stereocenters. The molecule has 2 heteroatoms. The van der Waals surface area contributed by atoms with Crippen LogP contribution in [0.15, 0.2) is 0 Å². The van der Waals surface area contributed by atoms with Crippen molar-refractivity contribution in [2.45, 2.75) is 69.1 Å². The summed E-state index contributed by atoms with van der Waals surface area (Å²) >= 11 is 2.26. The summed E-state index contributed by atoms with van der Waals surface area (Å²) in [5.41, 5.74) is 0. The topological polar surface area (TPSA) is 12.0 Å². The molecule has 0 radical (unpaired) electrons. The first-order chi connectivity index (χ1) is 8.85. The van der Waals surface area contributed by atoms with Gasteiger partial charge in [0.2, 0.25) is 0 Å². The van der Waals surface area contributed by atoms with E-state index in [0.29, 0.717) is 0 Å². The highest BCUT2D eigenvalue weighted by atomic mass is 32.2. The summed E-state index contributed by atoms with van der Waals surface area (Å²) in [6, 6.07) is 0.778. The highest BCUT2D eigenvalue weighted by Crippen LogP contribution is 2.50. The molecule has 0 aromatic carbocycles. The van der Waals surface area contributed by atoms with Crippen molar-refractivity contribution in [3.63, 3.8) is 0 Å². The van der Waals surface area contributed by atoms with Gasteiger partial charge < -0.3 is 5.32 Å². The smallest absolute Gasteiger partial charge is 0.0158 e. The van der Waals surface area contributed by atoms with Crippen molar-refractivity contribution in [1.29, 1.82) is 0 Å². The lowest BCUT2D eigenvalue weighted by atomic mass is 9.84. The van der Waals surface area contributed by atoms with Crippen LogP contribution in [-0.4, -0.2) is 24.1 Å². The molecule has 0 aromatic heterocycles. The van der Waals surface area contributed by atoms with Gasteiger partial charge in [-0.1, -0.05) is 19.3 Å². The number of thioether (sulfide) groups is 1. The fraction of sp³-hybridized carbons (Fsp3) is 1.00. The lowest BCUT2D eigenvalue weighted by Crippen LogP contribution is -2.32. The van der Waals surface area contributed by atoms with Gasteiger partial charge in [-0.3, -0.25) is 0 Å². The third-order valence-electron chi connectivity index (χ3n) is 5.72. The van der Waals surface area contributed by atoms with Crippen molar-refractivity contribution in [2.24, 2.45) is 17.8 Å². The van der Waals surface area contributed by atoms with Crippen molar-refractivity contribution in [3.8, 4) is 0 Å². The molecule has 3 saturated carbocycles. The maximum atomic E-state index is 3.59. The number of hydrogen-bond donors (Lipinski definition) is 1. The van der Waals surface area contributed by atoms with Crippen molar-refractivity contribution in [3.05, 3.63) is 0 Å². The second kappa shape index (κ2) is 6.17. The normalized spacial score (nSPS) is 37.5. The summed E-state index contributed by atoms with van der Waals surface area (Å²) in [5, 5.41) is 4.58. The second-order valence-corrected chi connectivity index (χ2v) is 8.23. The minimum absolute atomic E-state index is 0.778. The maximum Gasteiger partial charge on any atom is 0.0158 e. The molecule has 0 saturated heterocycles. The Bertz CT molecular complexity index is 262. The van der Waals surface area contributed by atoms with E-state index >= 15 is 0 Å². The highest BCUT2D eigenvalue weighted by molar-refractivity contribution is 7.99. The van der Waals surface area contributed by atoms with Gasteiger partial charge >= 0.3 is 0 Å². The molecule has 3 fully saturated rings. The molecule has 0 aromatic rings. The first-order valence-electron chi connectivity index (χ1n) is 8.14. The summed E-state index contributed by atoms with van der Waals surface area (Å²) in [7, 11) is 2.17. The lowest BCUT2D eigenvalue weighted by molar-refractivity contribution is 0.290. The summed E-state index contributed by atoms with van der Waals surface area (Å²) in [6.07, 6.45) is 13.6. The number of nitrogens with one attached hydrogen (secondary N) is 1. The third-order valence-corrected chi connectivity index (χ3v) is 7.25. The Kier molecular flexibility index (Phi) is 4.56. The summed E-state index contributed by atoms with van der Waals surface area (Å²) in [4.78, 5) is 0. The van der Waals surface area contributed by atoms with Gasteiger partial charge in [0, 0.05) is 17.0 Å². The Morgan fingerprint density at radius 3 is 2.56 bits per heavy atom. The SMILES string of the molecule is CNC(CSC1CCCC1)CC1CC2CCC1C2. The minimum Gasteiger partial charge on any atom is -0.316 e. The lowest BCUT2D eigenvalue weighted by Gasteiger charge is -2.27. The monoisotopic (exact) mass is 267 g/mol. The molecule has 3 aliphatic rings. The molecule has 4 atom stereocenters. The summed E-state index contributed by atoms with van der Waals surface area (Å²) < 4.78 is 0. The molecule has 3 aliphatic carbocycles. The molecule has 104 valence electrons. The van der Waals surface area contributed by atoms with E-state index in [1.165, 1.54) is 37.9 Å². The largest absolute Gasteiger partial charge is 0.316 e. The molecule has 0 aliphatic heterocycles. The van der Waals surface area contributed by atoms with Crippen LogP contribution in [0, 0.1) is 17.8 Å². The predicted octanol–water partition coefficient (Wildman–Crippen LogP) is 4.08. The number of fused-ring (bicyclic) bond motifs is 2. The van der Waals surface area contributed by atoms with Gasteiger partial charge in [-0.25, -0.2) is 0 Å². The van der Waals surface area contributed by atoms with Crippen LogP contribution in [-0.2, 0) is 0 Å². The van der Waals surface area contributed by atoms with Crippen LogP contribution in [0.2, 0.25) is 0 Å². The van der Waals surface area contributed by atoms with Crippen LogP contribution < -0.4 is 5.32 Å². The molecule has 18 heavy (non-hydrogen) atoms. The molecular formula is C16H29NS. The second-order valence-electron chi connectivity index (χ2n) is 6.90. The molecule has 0 spiro atoms. The zero-order valence-corrected chi connectivity index (χ0v) is 12.7. The zero-order chi connectivity index (χ0) is 12.4. The Balaban J connectivity index is 1.41. The van der Waals surface area contributed by atoms with Crippen molar-refractivity contribution in [1.82, 2.24) is 5.32 Å². The van der Waals surface area contributed by atoms with E-state index < -0.39 is 0 Å². The van der Waals surface area contributed by atoms with E-state index in [0.717, 1.165) is 29.0 Å². The van der Waals surface area contributed by atoms with Crippen LogP contribution in [0.5, 0.6) is 0 Å². The molecule has 1 N–H and O–H groups in total. The maximum absolute atomic E-state index is 3.59. The van der Waals surface area contributed by atoms with E-state index in [1.54, 1.807) is 25.7 Å². The van der Waals surface area contributed by atoms with E-state index in [-0.39, 0.29) is 0 Å². The van der Waals surface area contributed by atoms with Crippen molar-refractivity contribution >= 4 is 11.8 Å². The third kappa shape index (κ3) is 3.07. The van der Waals surface area contributed by atoms with Gasteiger partial charge in [0.15, 0.2) is 0 Å². The molecule has 0 amide bonds. The van der Waals surface area contributed by atoms with E-state index in [4.69, 9.17) is 0 Å². The minimum atomic E-state index is 0.778.